The van der Waals surface area contributed by atoms with Crippen molar-refractivity contribution in [3.05, 3.63) is 33.3 Å². The first kappa shape index (κ1) is 10.5. The first-order valence-electron chi connectivity index (χ1n) is 5.39. The van der Waals surface area contributed by atoms with Crippen molar-refractivity contribution in [3.63, 3.8) is 0 Å². The van der Waals surface area contributed by atoms with Crippen LogP contribution in [0, 0.1) is 11.3 Å². The molecule has 0 fully saturated rings. The van der Waals surface area contributed by atoms with E-state index < -0.39 is 0 Å². The van der Waals surface area contributed by atoms with Crippen LogP contribution in [0.1, 0.15) is 48.4 Å². The van der Waals surface area contributed by atoms with Crippen LogP contribution in [0.3, 0.4) is 0 Å². The summed E-state index contributed by atoms with van der Waals surface area (Å²) in [6.45, 7) is 4.32. The minimum atomic E-state index is 0.442. The van der Waals surface area contributed by atoms with Gasteiger partial charge in [0.2, 0.25) is 0 Å². The van der Waals surface area contributed by atoms with Gasteiger partial charge in [-0.05, 0) is 47.9 Å². The highest BCUT2D eigenvalue weighted by Gasteiger charge is 2.22. The van der Waals surface area contributed by atoms with Crippen LogP contribution in [0.4, 0.5) is 0 Å². The zero-order chi connectivity index (χ0) is 11.0. The molecule has 15 heavy (non-hydrogen) atoms. The number of rotatable bonds is 1. The average Bonchev–Trinajstić information content (AvgIpc) is 2.63. The molecule has 0 bridgehead atoms. The second-order valence-electron chi connectivity index (χ2n) is 4.40. The molecule has 0 N–H and O–H groups in total. The maximum atomic E-state index is 9.05. The summed E-state index contributed by atoms with van der Waals surface area (Å²) in [5.74, 6) is 0.442. The van der Waals surface area contributed by atoms with E-state index in [2.05, 4.69) is 19.9 Å². The molecule has 1 nitrogen and oxygen atoms in total. The van der Waals surface area contributed by atoms with E-state index >= 15 is 0 Å². The van der Waals surface area contributed by atoms with Gasteiger partial charge in [0.15, 0.2) is 0 Å². The molecular weight excluding hydrogens is 206 g/mol. The van der Waals surface area contributed by atoms with Gasteiger partial charge in [0, 0.05) is 5.02 Å². The molecule has 1 aromatic rings. The highest BCUT2D eigenvalue weighted by Crippen LogP contribution is 2.37. The number of hydrogen-bond donors (Lipinski definition) is 0. The molecular formula is C13H14ClN. The van der Waals surface area contributed by atoms with Gasteiger partial charge in [0.1, 0.15) is 0 Å². The minimum absolute atomic E-state index is 0.442. The lowest BCUT2D eigenvalue weighted by molar-refractivity contribution is 0.839. The first-order valence-corrected chi connectivity index (χ1v) is 5.77. The lowest BCUT2D eigenvalue weighted by Gasteiger charge is -2.15. The van der Waals surface area contributed by atoms with Crippen molar-refractivity contribution >= 4 is 11.6 Å². The number of fused-ring (bicyclic) bond motifs is 1. The highest BCUT2D eigenvalue weighted by molar-refractivity contribution is 6.31. The van der Waals surface area contributed by atoms with Crippen LogP contribution in [0.25, 0.3) is 0 Å². The number of hydrogen-bond acceptors (Lipinski definition) is 1. The molecule has 78 valence electrons. The zero-order valence-corrected chi connectivity index (χ0v) is 9.86. The maximum Gasteiger partial charge on any atom is 0.0995 e. The average molecular weight is 220 g/mol. The van der Waals surface area contributed by atoms with E-state index in [1.54, 1.807) is 0 Å². The van der Waals surface area contributed by atoms with E-state index in [9.17, 15) is 0 Å². The summed E-state index contributed by atoms with van der Waals surface area (Å²) in [6, 6.07) is 4.08. The fourth-order valence-corrected chi connectivity index (χ4v) is 2.94. The largest absolute Gasteiger partial charge is 0.192 e. The molecule has 1 aliphatic rings. The van der Waals surface area contributed by atoms with E-state index in [4.69, 9.17) is 16.9 Å². The van der Waals surface area contributed by atoms with E-state index in [0.717, 1.165) is 29.8 Å². The Hall–Kier alpha value is -1.00. The van der Waals surface area contributed by atoms with Crippen LogP contribution < -0.4 is 0 Å². The van der Waals surface area contributed by atoms with E-state index in [0.29, 0.717) is 5.92 Å². The van der Waals surface area contributed by atoms with Crippen LogP contribution in [0.15, 0.2) is 6.07 Å². The summed E-state index contributed by atoms with van der Waals surface area (Å²) in [5.41, 5.74) is 4.61. The van der Waals surface area contributed by atoms with E-state index in [1.807, 2.05) is 6.07 Å². The van der Waals surface area contributed by atoms with Gasteiger partial charge in [0.05, 0.1) is 11.6 Å². The Kier molecular flexibility index (Phi) is 2.71. The SMILES string of the molecule is CC(C)c1c(Cl)cc(C#N)c2c1CCC2. The molecule has 0 radical (unpaired) electrons. The Bertz CT molecular complexity index is 441. The molecule has 2 heteroatoms. The van der Waals surface area contributed by atoms with Crippen LogP contribution in [-0.4, -0.2) is 0 Å². The number of benzene rings is 1. The van der Waals surface area contributed by atoms with Crippen molar-refractivity contribution in [1.29, 1.82) is 5.26 Å². The summed E-state index contributed by atoms with van der Waals surface area (Å²) in [5, 5.41) is 9.81. The molecule has 0 aliphatic heterocycles. The molecule has 0 heterocycles. The molecule has 1 aliphatic carbocycles. The third kappa shape index (κ3) is 1.64. The molecule has 1 aromatic carbocycles. The lowest BCUT2D eigenvalue weighted by Crippen LogP contribution is -1.99. The normalized spacial score (nSPS) is 14.1. The number of halogens is 1. The quantitative estimate of drug-likeness (QED) is 0.705. The van der Waals surface area contributed by atoms with Gasteiger partial charge in [-0.25, -0.2) is 0 Å². The lowest BCUT2D eigenvalue weighted by atomic mass is 9.92. The van der Waals surface area contributed by atoms with E-state index in [-0.39, 0.29) is 0 Å². The fraction of sp³-hybridized carbons (Fsp3) is 0.462. The van der Waals surface area contributed by atoms with Gasteiger partial charge in [-0.3, -0.25) is 0 Å². The molecule has 2 rings (SSSR count). The van der Waals surface area contributed by atoms with Crippen LogP contribution in [-0.2, 0) is 12.8 Å². The van der Waals surface area contributed by atoms with Gasteiger partial charge in [-0.2, -0.15) is 5.26 Å². The van der Waals surface area contributed by atoms with Gasteiger partial charge in [-0.15, -0.1) is 0 Å². The summed E-state index contributed by atoms with van der Waals surface area (Å²) in [7, 11) is 0. The topological polar surface area (TPSA) is 23.8 Å². The minimum Gasteiger partial charge on any atom is -0.192 e. The van der Waals surface area contributed by atoms with Gasteiger partial charge < -0.3 is 0 Å². The Morgan fingerprint density at radius 2 is 2.00 bits per heavy atom. The molecule has 0 unspecified atom stereocenters. The predicted molar refractivity (Wildman–Crippen MR) is 62.3 cm³/mol. The van der Waals surface area contributed by atoms with Crippen molar-refractivity contribution in [2.24, 2.45) is 0 Å². The third-order valence-electron chi connectivity index (χ3n) is 3.09. The summed E-state index contributed by atoms with van der Waals surface area (Å²) in [4.78, 5) is 0. The number of nitriles is 1. The monoisotopic (exact) mass is 219 g/mol. The van der Waals surface area contributed by atoms with Gasteiger partial charge in [-0.1, -0.05) is 25.4 Å². The summed E-state index contributed by atoms with van der Waals surface area (Å²) in [6.07, 6.45) is 3.28. The van der Waals surface area contributed by atoms with Gasteiger partial charge in [0.25, 0.3) is 0 Å². The van der Waals surface area contributed by atoms with Crippen molar-refractivity contribution in [3.8, 4) is 6.07 Å². The molecule has 0 spiro atoms. The summed E-state index contributed by atoms with van der Waals surface area (Å²) >= 11 is 6.24. The smallest absolute Gasteiger partial charge is 0.0995 e. The molecule has 0 amide bonds. The van der Waals surface area contributed by atoms with Crippen molar-refractivity contribution in [2.75, 3.05) is 0 Å². The van der Waals surface area contributed by atoms with Crippen LogP contribution >= 0.6 is 11.6 Å². The number of nitrogens with zero attached hydrogens (tertiary/aromatic N) is 1. The Labute approximate surface area is 95.7 Å². The van der Waals surface area contributed by atoms with Gasteiger partial charge >= 0.3 is 0 Å². The Morgan fingerprint density at radius 1 is 1.33 bits per heavy atom. The first-order chi connectivity index (χ1) is 7.15. The second-order valence-corrected chi connectivity index (χ2v) is 4.80. The highest BCUT2D eigenvalue weighted by atomic mass is 35.5. The fourth-order valence-electron chi connectivity index (χ4n) is 2.50. The Balaban J connectivity index is 2.70. The second kappa shape index (κ2) is 3.87. The Morgan fingerprint density at radius 3 is 2.60 bits per heavy atom. The third-order valence-corrected chi connectivity index (χ3v) is 3.41. The summed E-state index contributed by atoms with van der Waals surface area (Å²) < 4.78 is 0. The van der Waals surface area contributed by atoms with Crippen molar-refractivity contribution < 1.29 is 0 Å². The standard InChI is InChI=1S/C13H14ClN/c1-8(2)13-11-5-3-4-10(11)9(7-15)6-12(13)14/h6,8H,3-5H2,1-2H3. The van der Waals surface area contributed by atoms with Crippen LogP contribution in [0.5, 0.6) is 0 Å². The molecule has 0 saturated heterocycles. The molecule has 0 aromatic heterocycles. The molecule has 0 saturated carbocycles. The van der Waals surface area contributed by atoms with Crippen LogP contribution in [0.2, 0.25) is 5.02 Å². The van der Waals surface area contributed by atoms with Crippen molar-refractivity contribution in [2.45, 2.75) is 39.0 Å². The molecule has 0 atom stereocenters. The predicted octanol–water partition coefficient (Wildman–Crippen LogP) is 3.82. The zero-order valence-electron chi connectivity index (χ0n) is 9.10. The maximum absolute atomic E-state index is 9.05. The van der Waals surface area contributed by atoms with Crippen molar-refractivity contribution in [1.82, 2.24) is 0 Å². The van der Waals surface area contributed by atoms with E-state index in [1.165, 1.54) is 16.7 Å².